The maximum Gasteiger partial charge on any atom is 0.227 e. The Bertz CT molecular complexity index is 576. The van der Waals surface area contributed by atoms with Gasteiger partial charge in [0.2, 0.25) is 11.8 Å². The maximum atomic E-state index is 12.4. The summed E-state index contributed by atoms with van der Waals surface area (Å²) in [7, 11) is 0. The van der Waals surface area contributed by atoms with Crippen LogP contribution >= 0.6 is 0 Å². The number of rotatable bonds is 8. The number of benzene rings is 1. The first-order valence-electron chi connectivity index (χ1n) is 8.60. The minimum atomic E-state index is -0.319. The highest BCUT2D eigenvalue weighted by molar-refractivity contribution is 6.01. The molecule has 2 atom stereocenters. The SMILES string of the molecule is CCN[C@H](C)CNC(=O)C1CC(=O)N(c2ccccc2OCC)C1. The van der Waals surface area contributed by atoms with Crippen LogP contribution in [0.4, 0.5) is 5.69 Å². The number of nitrogens with zero attached hydrogens (tertiary/aromatic N) is 1. The van der Waals surface area contributed by atoms with Crippen molar-refractivity contribution in [1.29, 1.82) is 0 Å². The summed E-state index contributed by atoms with van der Waals surface area (Å²) in [6, 6.07) is 7.66. The minimum absolute atomic E-state index is 0.0398. The molecule has 2 rings (SSSR count). The van der Waals surface area contributed by atoms with Gasteiger partial charge in [0.1, 0.15) is 5.75 Å². The molecule has 2 amide bonds. The molecule has 1 aliphatic rings. The number of carbonyl (C=O) groups is 2. The zero-order valence-electron chi connectivity index (χ0n) is 14.7. The van der Waals surface area contributed by atoms with Crippen LogP contribution in [0.15, 0.2) is 24.3 Å². The molecular weight excluding hydrogens is 306 g/mol. The molecule has 132 valence electrons. The molecule has 0 aromatic heterocycles. The fraction of sp³-hybridized carbons (Fsp3) is 0.556. The van der Waals surface area contributed by atoms with Crippen LogP contribution in [0.3, 0.4) is 0 Å². The number of likely N-dealkylation sites (N-methyl/N-ethyl adjacent to an activating group) is 1. The molecular formula is C18H27N3O3. The molecule has 6 nitrogen and oxygen atoms in total. The maximum absolute atomic E-state index is 12.4. The number of ether oxygens (including phenoxy) is 1. The minimum Gasteiger partial charge on any atom is -0.492 e. The zero-order valence-corrected chi connectivity index (χ0v) is 14.7. The highest BCUT2D eigenvalue weighted by atomic mass is 16.5. The molecule has 0 bridgehead atoms. The zero-order chi connectivity index (χ0) is 17.5. The van der Waals surface area contributed by atoms with E-state index in [0.29, 0.717) is 25.4 Å². The second-order valence-corrected chi connectivity index (χ2v) is 6.01. The summed E-state index contributed by atoms with van der Waals surface area (Å²) < 4.78 is 5.60. The Morgan fingerprint density at radius 2 is 2.12 bits per heavy atom. The number of hydrogen-bond acceptors (Lipinski definition) is 4. The van der Waals surface area contributed by atoms with Gasteiger partial charge in [0.05, 0.1) is 18.2 Å². The number of amides is 2. The van der Waals surface area contributed by atoms with Gasteiger partial charge in [0, 0.05) is 25.6 Å². The van der Waals surface area contributed by atoms with Gasteiger partial charge in [-0.15, -0.1) is 0 Å². The predicted molar refractivity (Wildman–Crippen MR) is 94.2 cm³/mol. The van der Waals surface area contributed by atoms with Crippen molar-refractivity contribution in [2.75, 3.05) is 31.1 Å². The number of para-hydroxylation sites is 2. The lowest BCUT2D eigenvalue weighted by atomic mass is 10.1. The van der Waals surface area contributed by atoms with Crippen molar-refractivity contribution in [2.24, 2.45) is 5.92 Å². The molecule has 1 heterocycles. The summed E-state index contributed by atoms with van der Waals surface area (Å²) in [6.45, 7) is 8.31. The molecule has 0 radical (unpaired) electrons. The van der Waals surface area contributed by atoms with Crippen molar-refractivity contribution in [3.63, 3.8) is 0 Å². The standard InChI is InChI=1S/C18H27N3O3/c1-4-19-13(3)11-20-18(23)14-10-17(22)21(12-14)15-8-6-7-9-16(15)24-5-2/h6-9,13-14,19H,4-5,10-12H2,1-3H3,(H,20,23)/t13-,14?/m1/s1. The van der Waals surface area contributed by atoms with E-state index in [2.05, 4.69) is 10.6 Å². The molecule has 0 aliphatic carbocycles. The molecule has 1 saturated heterocycles. The van der Waals surface area contributed by atoms with Gasteiger partial charge < -0.3 is 20.3 Å². The second kappa shape index (κ2) is 8.68. The van der Waals surface area contributed by atoms with Gasteiger partial charge in [-0.1, -0.05) is 19.1 Å². The van der Waals surface area contributed by atoms with Crippen molar-refractivity contribution in [3.05, 3.63) is 24.3 Å². The smallest absolute Gasteiger partial charge is 0.227 e. The van der Waals surface area contributed by atoms with Crippen molar-refractivity contribution >= 4 is 17.5 Å². The van der Waals surface area contributed by atoms with Crippen LogP contribution in [0.2, 0.25) is 0 Å². The van der Waals surface area contributed by atoms with Gasteiger partial charge in [-0.05, 0) is 32.5 Å². The highest BCUT2D eigenvalue weighted by Gasteiger charge is 2.36. The van der Waals surface area contributed by atoms with Gasteiger partial charge in [0.25, 0.3) is 0 Å². The van der Waals surface area contributed by atoms with Crippen molar-refractivity contribution in [1.82, 2.24) is 10.6 Å². The van der Waals surface area contributed by atoms with Crippen LogP contribution < -0.4 is 20.3 Å². The lowest BCUT2D eigenvalue weighted by Crippen LogP contribution is -2.41. The topological polar surface area (TPSA) is 70.7 Å². The van der Waals surface area contributed by atoms with Crippen LogP contribution in [0.1, 0.15) is 27.2 Å². The van der Waals surface area contributed by atoms with Gasteiger partial charge in [-0.2, -0.15) is 0 Å². The van der Waals surface area contributed by atoms with Crippen molar-refractivity contribution in [2.45, 2.75) is 33.2 Å². The van der Waals surface area contributed by atoms with E-state index in [1.54, 1.807) is 4.90 Å². The fourth-order valence-corrected chi connectivity index (χ4v) is 2.89. The molecule has 0 saturated carbocycles. The molecule has 1 aromatic carbocycles. The van der Waals surface area contributed by atoms with E-state index in [1.807, 2.05) is 45.0 Å². The Hall–Kier alpha value is -2.08. The molecule has 24 heavy (non-hydrogen) atoms. The lowest BCUT2D eigenvalue weighted by Gasteiger charge is -2.20. The van der Waals surface area contributed by atoms with Crippen molar-refractivity contribution < 1.29 is 14.3 Å². The predicted octanol–water partition coefficient (Wildman–Crippen LogP) is 1.55. The molecule has 6 heteroatoms. The average molecular weight is 333 g/mol. The normalized spacial score (nSPS) is 18.5. The fourth-order valence-electron chi connectivity index (χ4n) is 2.89. The first kappa shape index (κ1) is 18.3. The molecule has 0 spiro atoms. The Balaban J connectivity index is 1.99. The van der Waals surface area contributed by atoms with Crippen LogP contribution in [0.5, 0.6) is 5.75 Å². The summed E-state index contributed by atoms with van der Waals surface area (Å²) in [6.07, 6.45) is 0.238. The van der Waals surface area contributed by atoms with Crippen molar-refractivity contribution in [3.8, 4) is 5.75 Å². The monoisotopic (exact) mass is 333 g/mol. The number of hydrogen-bond donors (Lipinski definition) is 2. The lowest BCUT2D eigenvalue weighted by molar-refractivity contribution is -0.126. The second-order valence-electron chi connectivity index (χ2n) is 6.01. The highest BCUT2D eigenvalue weighted by Crippen LogP contribution is 2.33. The van der Waals surface area contributed by atoms with Crippen LogP contribution in [0.25, 0.3) is 0 Å². The molecule has 2 N–H and O–H groups in total. The first-order valence-corrected chi connectivity index (χ1v) is 8.60. The van der Waals surface area contributed by atoms with Crippen LogP contribution in [-0.4, -0.2) is 44.1 Å². The molecule has 1 aromatic rings. The van der Waals surface area contributed by atoms with Gasteiger partial charge in [-0.25, -0.2) is 0 Å². The summed E-state index contributed by atoms with van der Waals surface area (Å²) in [5, 5.41) is 6.18. The van der Waals surface area contributed by atoms with Gasteiger partial charge in [0.15, 0.2) is 0 Å². The quantitative estimate of drug-likeness (QED) is 0.757. The Morgan fingerprint density at radius 3 is 2.83 bits per heavy atom. The van der Waals surface area contributed by atoms with Crippen LogP contribution in [0, 0.1) is 5.92 Å². The Morgan fingerprint density at radius 1 is 1.38 bits per heavy atom. The van der Waals surface area contributed by atoms with Crippen LogP contribution in [-0.2, 0) is 9.59 Å². The van der Waals surface area contributed by atoms with E-state index < -0.39 is 0 Å². The third-order valence-corrected chi connectivity index (χ3v) is 4.09. The summed E-state index contributed by atoms with van der Waals surface area (Å²) in [5.74, 6) is 0.253. The van der Waals surface area contributed by atoms with E-state index in [4.69, 9.17) is 4.74 Å². The van der Waals surface area contributed by atoms with E-state index in [1.165, 1.54) is 0 Å². The summed E-state index contributed by atoms with van der Waals surface area (Å²) in [4.78, 5) is 26.4. The number of nitrogens with one attached hydrogen (secondary N) is 2. The van der Waals surface area contributed by atoms with E-state index in [9.17, 15) is 9.59 Å². The van der Waals surface area contributed by atoms with E-state index in [-0.39, 0.29) is 30.2 Å². The summed E-state index contributed by atoms with van der Waals surface area (Å²) in [5.41, 5.74) is 0.737. The van der Waals surface area contributed by atoms with Gasteiger partial charge >= 0.3 is 0 Å². The van der Waals surface area contributed by atoms with E-state index in [0.717, 1.165) is 12.2 Å². The largest absolute Gasteiger partial charge is 0.492 e. The third kappa shape index (κ3) is 4.47. The third-order valence-electron chi connectivity index (χ3n) is 4.09. The van der Waals surface area contributed by atoms with Gasteiger partial charge in [-0.3, -0.25) is 9.59 Å². The van der Waals surface area contributed by atoms with E-state index >= 15 is 0 Å². The molecule has 1 aliphatic heterocycles. The Labute approximate surface area is 143 Å². The number of carbonyl (C=O) groups excluding carboxylic acids is 2. The molecule has 1 unspecified atom stereocenters. The summed E-state index contributed by atoms with van der Waals surface area (Å²) >= 11 is 0. The first-order chi connectivity index (χ1) is 11.6. The Kier molecular flexibility index (Phi) is 6.61. The average Bonchev–Trinajstić information content (AvgIpc) is 2.95. The number of anilines is 1. The molecule has 1 fully saturated rings.